The lowest BCUT2D eigenvalue weighted by molar-refractivity contribution is 0.00578. The van der Waals surface area contributed by atoms with Crippen LogP contribution < -0.4 is 5.59 Å². The fourth-order valence-corrected chi connectivity index (χ4v) is 1.95. The summed E-state index contributed by atoms with van der Waals surface area (Å²) in [6.07, 6.45) is 0.268. The molecule has 1 N–H and O–H groups in total. The number of halogens is 1. The molecule has 0 spiro atoms. The Kier molecular flexibility index (Phi) is 3.45. The molecule has 2 rings (SSSR count). The topological polar surface area (TPSA) is 51.6 Å². The van der Waals surface area contributed by atoms with E-state index in [1.54, 1.807) is 6.92 Å². The summed E-state index contributed by atoms with van der Waals surface area (Å²) in [5.41, 5.74) is -0.179. The van der Waals surface area contributed by atoms with Crippen LogP contribution in [0.4, 0.5) is 4.39 Å². The van der Waals surface area contributed by atoms with E-state index in [-0.39, 0.29) is 0 Å². The average molecular weight is 267 g/mol. The lowest BCUT2D eigenvalue weighted by Gasteiger charge is -2.32. The number of pyridine rings is 1. The van der Waals surface area contributed by atoms with E-state index in [0.717, 1.165) is 6.20 Å². The minimum Gasteiger partial charge on any atom is -0.398 e. The van der Waals surface area contributed by atoms with Crippen LogP contribution in [-0.4, -0.2) is 28.4 Å². The van der Waals surface area contributed by atoms with Crippen molar-refractivity contribution in [1.82, 2.24) is 4.98 Å². The molecule has 0 aliphatic carbocycles. The Morgan fingerprint density at radius 2 is 1.79 bits per heavy atom. The summed E-state index contributed by atoms with van der Waals surface area (Å²) >= 11 is 0. The monoisotopic (exact) mass is 267 g/mol. The van der Waals surface area contributed by atoms with Crippen molar-refractivity contribution >= 4 is 12.7 Å². The van der Waals surface area contributed by atoms with Gasteiger partial charge in [0.2, 0.25) is 0 Å². The van der Waals surface area contributed by atoms with Crippen LogP contribution >= 0.6 is 0 Å². The van der Waals surface area contributed by atoms with Crippen LogP contribution in [0.1, 0.15) is 46.3 Å². The first-order chi connectivity index (χ1) is 8.64. The summed E-state index contributed by atoms with van der Waals surface area (Å²) in [4.78, 5) is 4.03. The van der Waals surface area contributed by atoms with Gasteiger partial charge < -0.3 is 14.4 Å². The molecule has 1 aliphatic heterocycles. The average Bonchev–Trinajstić information content (AvgIpc) is 2.47. The zero-order chi connectivity index (χ0) is 14.4. The van der Waals surface area contributed by atoms with Crippen molar-refractivity contribution < 1.29 is 18.8 Å². The second kappa shape index (κ2) is 4.54. The maximum atomic E-state index is 13.2. The molecule has 1 fully saturated rings. The lowest BCUT2D eigenvalue weighted by Crippen LogP contribution is -2.41. The second-order valence-electron chi connectivity index (χ2n) is 5.89. The second-order valence-corrected chi connectivity index (χ2v) is 5.89. The molecule has 1 aliphatic rings. The molecule has 1 saturated heterocycles. The number of hydrogen-bond acceptors (Lipinski definition) is 4. The molecule has 0 saturated carbocycles. The summed E-state index contributed by atoms with van der Waals surface area (Å²) in [5, 5.41) is 9.73. The molecule has 0 radical (unpaired) electrons. The van der Waals surface area contributed by atoms with E-state index < -0.39 is 30.2 Å². The first-order valence-corrected chi connectivity index (χ1v) is 6.33. The van der Waals surface area contributed by atoms with Crippen LogP contribution in [0.15, 0.2) is 12.3 Å². The molecule has 0 bridgehead atoms. The van der Waals surface area contributed by atoms with Gasteiger partial charge in [0, 0.05) is 5.56 Å². The Labute approximate surface area is 113 Å². The van der Waals surface area contributed by atoms with Gasteiger partial charge in [-0.05, 0) is 40.7 Å². The first-order valence-electron chi connectivity index (χ1n) is 6.33. The van der Waals surface area contributed by atoms with Crippen molar-refractivity contribution in [2.45, 2.75) is 51.9 Å². The first kappa shape index (κ1) is 14.4. The van der Waals surface area contributed by atoms with Crippen LogP contribution in [0.25, 0.3) is 0 Å². The number of hydrogen-bond donors (Lipinski definition) is 1. The van der Waals surface area contributed by atoms with Crippen molar-refractivity contribution in [3.63, 3.8) is 0 Å². The van der Waals surface area contributed by atoms with Gasteiger partial charge >= 0.3 is 7.12 Å². The van der Waals surface area contributed by atoms with Gasteiger partial charge in [0.15, 0.2) is 0 Å². The van der Waals surface area contributed by atoms with Gasteiger partial charge in [-0.3, -0.25) is 4.98 Å². The molecule has 1 atom stereocenters. The highest BCUT2D eigenvalue weighted by Crippen LogP contribution is 2.36. The van der Waals surface area contributed by atoms with Gasteiger partial charge in [-0.25, -0.2) is 4.39 Å². The highest BCUT2D eigenvalue weighted by molar-refractivity contribution is 6.61. The minimum absolute atomic E-state index is 0.388. The van der Waals surface area contributed by atoms with Crippen LogP contribution in [0, 0.1) is 5.82 Å². The molecule has 1 unspecified atom stereocenters. The Balaban J connectivity index is 2.39. The fourth-order valence-electron chi connectivity index (χ4n) is 1.95. The maximum absolute atomic E-state index is 13.2. The van der Waals surface area contributed by atoms with Crippen molar-refractivity contribution in [3.8, 4) is 0 Å². The van der Waals surface area contributed by atoms with Gasteiger partial charge in [0.05, 0.1) is 29.1 Å². The predicted octanol–water partition coefficient (Wildman–Crippen LogP) is 1.57. The molecule has 0 amide bonds. The van der Waals surface area contributed by atoms with Crippen molar-refractivity contribution in [3.05, 3.63) is 23.6 Å². The molecule has 104 valence electrons. The minimum atomic E-state index is -0.836. The Hall–Kier alpha value is -0.975. The highest BCUT2D eigenvalue weighted by Gasteiger charge is 2.53. The number of nitrogens with zero attached hydrogens (tertiary/aromatic N) is 1. The summed E-state index contributed by atoms with van der Waals surface area (Å²) in [5.74, 6) is -0.490. The van der Waals surface area contributed by atoms with Crippen molar-refractivity contribution in [1.29, 1.82) is 0 Å². The third-order valence-corrected chi connectivity index (χ3v) is 3.84. The largest absolute Gasteiger partial charge is 0.514 e. The summed E-state index contributed by atoms with van der Waals surface area (Å²) < 4.78 is 25.0. The van der Waals surface area contributed by atoms with Gasteiger partial charge in [-0.2, -0.15) is 0 Å². The molecular weight excluding hydrogens is 248 g/mol. The van der Waals surface area contributed by atoms with E-state index in [1.807, 2.05) is 27.7 Å². The standard InChI is InChI=1S/C13H19BFNO3/c1-8(17)10-6-9(15)7-16-11(10)14-18-12(2,3)13(4,5)19-14/h6-8,17H,1-5H3. The third-order valence-electron chi connectivity index (χ3n) is 3.84. The van der Waals surface area contributed by atoms with E-state index in [4.69, 9.17) is 9.31 Å². The normalized spacial score (nSPS) is 22.6. The smallest absolute Gasteiger partial charge is 0.398 e. The number of aliphatic hydroxyl groups excluding tert-OH is 1. The fraction of sp³-hybridized carbons (Fsp3) is 0.615. The predicted molar refractivity (Wildman–Crippen MR) is 70.5 cm³/mol. The molecule has 1 aromatic heterocycles. The Morgan fingerprint density at radius 3 is 2.26 bits per heavy atom. The summed E-state index contributed by atoms with van der Waals surface area (Å²) in [6.45, 7) is 9.28. The zero-order valence-corrected chi connectivity index (χ0v) is 11.9. The Bertz CT molecular complexity index is 475. The lowest BCUT2D eigenvalue weighted by atomic mass is 9.79. The van der Waals surface area contributed by atoms with E-state index in [9.17, 15) is 9.50 Å². The van der Waals surface area contributed by atoms with E-state index >= 15 is 0 Å². The molecule has 0 aromatic carbocycles. The molecular formula is C13H19BFNO3. The quantitative estimate of drug-likeness (QED) is 0.826. The summed E-state index contributed by atoms with van der Waals surface area (Å²) in [7, 11) is -0.699. The van der Waals surface area contributed by atoms with Crippen LogP contribution in [-0.2, 0) is 9.31 Å². The van der Waals surface area contributed by atoms with Gasteiger partial charge in [0.1, 0.15) is 5.82 Å². The van der Waals surface area contributed by atoms with Gasteiger partial charge in [-0.15, -0.1) is 0 Å². The molecule has 19 heavy (non-hydrogen) atoms. The molecule has 4 nitrogen and oxygen atoms in total. The van der Waals surface area contributed by atoms with Crippen molar-refractivity contribution in [2.75, 3.05) is 0 Å². The molecule has 2 heterocycles. The van der Waals surface area contributed by atoms with E-state index in [1.165, 1.54) is 6.07 Å². The van der Waals surface area contributed by atoms with Crippen LogP contribution in [0.5, 0.6) is 0 Å². The third kappa shape index (κ3) is 2.52. The Morgan fingerprint density at radius 1 is 1.26 bits per heavy atom. The van der Waals surface area contributed by atoms with E-state index in [2.05, 4.69) is 4.98 Å². The zero-order valence-electron chi connectivity index (χ0n) is 11.9. The number of rotatable bonds is 2. The van der Waals surface area contributed by atoms with Crippen LogP contribution in [0.2, 0.25) is 0 Å². The van der Waals surface area contributed by atoms with E-state index in [0.29, 0.717) is 11.2 Å². The molecule has 6 heteroatoms. The van der Waals surface area contributed by atoms with Crippen LogP contribution in [0.3, 0.4) is 0 Å². The van der Waals surface area contributed by atoms with Crippen molar-refractivity contribution in [2.24, 2.45) is 0 Å². The summed E-state index contributed by atoms with van der Waals surface area (Å²) in [6, 6.07) is 1.26. The van der Waals surface area contributed by atoms with Gasteiger partial charge in [0.25, 0.3) is 0 Å². The maximum Gasteiger partial charge on any atom is 0.514 e. The molecule has 1 aromatic rings. The number of aromatic nitrogens is 1. The SMILES string of the molecule is CC(O)c1cc(F)cnc1B1OC(C)(C)C(C)(C)O1. The van der Waals surface area contributed by atoms with Gasteiger partial charge in [-0.1, -0.05) is 0 Å². The highest BCUT2D eigenvalue weighted by atomic mass is 19.1. The number of aliphatic hydroxyl groups is 1.